The van der Waals surface area contributed by atoms with Gasteiger partial charge in [-0.25, -0.2) is 14.4 Å². The molecular weight excluding hydrogens is 323 g/mol. The molecule has 0 bridgehead atoms. The van der Waals surface area contributed by atoms with E-state index in [0.717, 1.165) is 16.5 Å². The minimum absolute atomic E-state index is 0.0413. The van der Waals surface area contributed by atoms with E-state index in [1.54, 1.807) is 6.20 Å². The van der Waals surface area contributed by atoms with Crippen molar-refractivity contribution < 1.29 is 14.6 Å². The number of hydrogen-bond donors (Lipinski definition) is 4. The molecule has 2 aromatic carbocycles. The topological polar surface area (TPSA) is 104 Å². The van der Waals surface area contributed by atoms with Crippen molar-refractivity contribution in [2.24, 2.45) is 0 Å². The van der Waals surface area contributed by atoms with Crippen molar-refractivity contribution in [3.8, 4) is 16.9 Å². The number of nitrogens with two attached hydrogens (primary N) is 1. The number of benzene rings is 2. The second-order valence-electron chi connectivity index (χ2n) is 5.65. The zero-order chi connectivity index (χ0) is 18.0. The third-order valence-corrected chi connectivity index (χ3v) is 3.99. The molecule has 0 aliphatic heterocycles. The molecule has 0 saturated carbocycles. The van der Waals surface area contributed by atoms with Gasteiger partial charge < -0.3 is 21.3 Å². The molecule has 7 heteroatoms. The second kappa shape index (κ2) is 6.90. The SMILES string of the molecule is CCc1cc(O)c(F)cc1-c1cc(NCCO)c2nc(N)ncc2c1. The number of aromatic hydroxyl groups is 1. The third kappa shape index (κ3) is 3.32. The number of nitrogens with zero attached hydrogens (tertiary/aromatic N) is 2. The van der Waals surface area contributed by atoms with E-state index in [-0.39, 0.29) is 18.3 Å². The molecule has 0 aliphatic rings. The largest absolute Gasteiger partial charge is 0.505 e. The van der Waals surface area contributed by atoms with E-state index in [0.29, 0.717) is 29.7 Å². The Morgan fingerprint density at radius 3 is 2.76 bits per heavy atom. The van der Waals surface area contributed by atoms with E-state index in [9.17, 15) is 9.50 Å². The summed E-state index contributed by atoms with van der Waals surface area (Å²) in [6, 6.07) is 6.44. The van der Waals surface area contributed by atoms with E-state index in [1.807, 2.05) is 19.1 Å². The minimum Gasteiger partial charge on any atom is -0.505 e. The molecule has 0 spiro atoms. The smallest absolute Gasteiger partial charge is 0.220 e. The van der Waals surface area contributed by atoms with Crippen LogP contribution >= 0.6 is 0 Å². The Kier molecular flexibility index (Phi) is 4.67. The average molecular weight is 342 g/mol. The molecule has 1 heterocycles. The summed E-state index contributed by atoms with van der Waals surface area (Å²) in [5.41, 5.74) is 9.24. The fourth-order valence-corrected chi connectivity index (χ4v) is 2.81. The van der Waals surface area contributed by atoms with E-state index in [1.165, 1.54) is 12.1 Å². The van der Waals surface area contributed by atoms with Crippen LogP contribution in [0.2, 0.25) is 0 Å². The molecule has 25 heavy (non-hydrogen) atoms. The Hall–Kier alpha value is -2.93. The van der Waals surface area contributed by atoms with E-state index in [4.69, 9.17) is 10.8 Å². The summed E-state index contributed by atoms with van der Waals surface area (Å²) in [6.45, 7) is 2.24. The number of rotatable bonds is 5. The maximum Gasteiger partial charge on any atom is 0.220 e. The van der Waals surface area contributed by atoms with Crippen LogP contribution in [-0.4, -0.2) is 33.3 Å². The number of nitrogen functional groups attached to an aromatic ring is 1. The van der Waals surface area contributed by atoms with Gasteiger partial charge in [0.25, 0.3) is 0 Å². The minimum atomic E-state index is -0.675. The summed E-state index contributed by atoms with van der Waals surface area (Å²) in [5.74, 6) is -0.890. The Balaban J connectivity index is 2.23. The summed E-state index contributed by atoms with van der Waals surface area (Å²) < 4.78 is 13.9. The first kappa shape index (κ1) is 16.9. The van der Waals surface area contributed by atoms with Gasteiger partial charge in [-0.1, -0.05) is 6.92 Å². The van der Waals surface area contributed by atoms with E-state index in [2.05, 4.69) is 15.3 Å². The first-order chi connectivity index (χ1) is 12.0. The lowest BCUT2D eigenvalue weighted by Gasteiger charge is -2.14. The number of anilines is 2. The molecule has 6 nitrogen and oxygen atoms in total. The van der Waals surface area contributed by atoms with Gasteiger partial charge in [0, 0.05) is 18.1 Å². The molecule has 0 fully saturated rings. The van der Waals surface area contributed by atoms with E-state index < -0.39 is 5.82 Å². The highest BCUT2D eigenvalue weighted by molar-refractivity contribution is 5.95. The van der Waals surface area contributed by atoms with Crippen LogP contribution in [0.5, 0.6) is 5.75 Å². The number of aliphatic hydroxyl groups excluding tert-OH is 1. The molecule has 0 aliphatic carbocycles. The van der Waals surface area contributed by atoms with Gasteiger partial charge in [0.15, 0.2) is 11.6 Å². The fraction of sp³-hybridized carbons (Fsp3) is 0.222. The van der Waals surface area contributed by atoms with Crippen LogP contribution < -0.4 is 11.1 Å². The number of halogens is 1. The molecule has 0 unspecified atom stereocenters. The van der Waals surface area contributed by atoms with Crippen LogP contribution in [0.4, 0.5) is 16.0 Å². The zero-order valence-corrected chi connectivity index (χ0v) is 13.8. The lowest BCUT2D eigenvalue weighted by atomic mass is 9.96. The van der Waals surface area contributed by atoms with Crippen LogP contribution in [0, 0.1) is 5.82 Å². The van der Waals surface area contributed by atoms with Gasteiger partial charge in [-0.05, 0) is 47.4 Å². The summed E-state index contributed by atoms with van der Waals surface area (Å²) in [5, 5.41) is 22.6. The van der Waals surface area contributed by atoms with Gasteiger partial charge in [0.1, 0.15) is 0 Å². The van der Waals surface area contributed by atoms with Crippen molar-refractivity contribution in [3.05, 3.63) is 41.8 Å². The van der Waals surface area contributed by atoms with Crippen LogP contribution in [-0.2, 0) is 6.42 Å². The van der Waals surface area contributed by atoms with Gasteiger partial charge in [0.05, 0.1) is 17.8 Å². The van der Waals surface area contributed by atoms with Gasteiger partial charge >= 0.3 is 0 Å². The lowest BCUT2D eigenvalue weighted by Crippen LogP contribution is -2.07. The molecule has 0 amide bonds. The normalized spacial score (nSPS) is 11.0. The first-order valence-electron chi connectivity index (χ1n) is 7.96. The zero-order valence-electron chi connectivity index (χ0n) is 13.8. The molecule has 0 atom stereocenters. The van der Waals surface area contributed by atoms with Crippen LogP contribution in [0.15, 0.2) is 30.5 Å². The average Bonchev–Trinajstić information content (AvgIpc) is 2.61. The summed E-state index contributed by atoms with van der Waals surface area (Å²) in [7, 11) is 0. The van der Waals surface area contributed by atoms with Crippen LogP contribution in [0.1, 0.15) is 12.5 Å². The number of fused-ring (bicyclic) bond motifs is 1. The molecular formula is C18H19FN4O2. The van der Waals surface area contributed by atoms with Crippen molar-refractivity contribution >= 4 is 22.5 Å². The van der Waals surface area contributed by atoms with Crippen molar-refractivity contribution in [2.45, 2.75) is 13.3 Å². The molecule has 0 saturated heterocycles. The Morgan fingerprint density at radius 1 is 1.24 bits per heavy atom. The van der Waals surface area contributed by atoms with Gasteiger partial charge in [0.2, 0.25) is 5.95 Å². The quantitative estimate of drug-likeness (QED) is 0.568. The van der Waals surface area contributed by atoms with Crippen molar-refractivity contribution in [2.75, 3.05) is 24.2 Å². The number of phenolic OH excluding ortho intramolecular Hbond substituents is 1. The third-order valence-electron chi connectivity index (χ3n) is 3.99. The molecule has 1 aromatic heterocycles. The molecule has 130 valence electrons. The Labute approximate surface area is 144 Å². The Bertz CT molecular complexity index is 931. The van der Waals surface area contributed by atoms with Crippen LogP contribution in [0.3, 0.4) is 0 Å². The van der Waals surface area contributed by atoms with Crippen molar-refractivity contribution in [1.82, 2.24) is 9.97 Å². The molecule has 3 aromatic rings. The van der Waals surface area contributed by atoms with E-state index >= 15 is 0 Å². The predicted molar refractivity (Wildman–Crippen MR) is 96.0 cm³/mol. The van der Waals surface area contributed by atoms with Crippen molar-refractivity contribution in [1.29, 1.82) is 0 Å². The highest BCUT2D eigenvalue weighted by atomic mass is 19.1. The molecule has 0 radical (unpaired) electrons. The second-order valence-corrected chi connectivity index (χ2v) is 5.65. The van der Waals surface area contributed by atoms with Gasteiger partial charge in [-0.2, -0.15) is 0 Å². The van der Waals surface area contributed by atoms with Gasteiger partial charge in [-0.15, -0.1) is 0 Å². The lowest BCUT2D eigenvalue weighted by molar-refractivity contribution is 0.311. The predicted octanol–water partition coefficient (Wildman–Crippen LogP) is 2.69. The standard InChI is InChI=1S/C18H19FN4O2/c1-2-10-7-16(25)14(19)8-13(10)11-5-12-9-22-18(20)23-17(12)15(6-11)21-3-4-24/h5-9,21,24-25H,2-4H2,1H3,(H2,20,22,23). The molecule has 5 N–H and O–H groups in total. The van der Waals surface area contributed by atoms with Crippen molar-refractivity contribution in [3.63, 3.8) is 0 Å². The van der Waals surface area contributed by atoms with Crippen LogP contribution in [0.25, 0.3) is 22.0 Å². The number of aryl methyl sites for hydroxylation is 1. The monoisotopic (exact) mass is 342 g/mol. The fourth-order valence-electron chi connectivity index (χ4n) is 2.81. The number of phenols is 1. The number of nitrogens with one attached hydrogen (secondary N) is 1. The number of hydrogen-bond acceptors (Lipinski definition) is 6. The number of aromatic nitrogens is 2. The highest BCUT2D eigenvalue weighted by Gasteiger charge is 2.13. The summed E-state index contributed by atoms with van der Waals surface area (Å²) >= 11 is 0. The number of aliphatic hydroxyl groups is 1. The summed E-state index contributed by atoms with van der Waals surface area (Å²) in [6.07, 6.45) is 2.24. The maximum absolute atomic E-state index is 13.9. The summed E-state index contributed by atoms with van der Waals surface area (Å²) in [4.78, 5) is 8.26. The van der Waals surface area contributed by atoms with Gasteiger partial charge in [-0.3, -0.25) is 0 Å². The highest BCUT2D eigenvalue weighted by Crippen LogP contribution is 2.34. The molecule has 3 rings (SSSR count). The maximum atomic E-state index is 13.9. The first-order valence-corrected chi connectivity index (χ1v) is 7.96. The Morgan fingerprint density at radius 2 is 2.04 bits per heavy atom.